The highest BCUT2D eigenvalue weighted by Gasteiger charge is 2.26. The molecule has 148 valence electrons. The number of fused-ring (bicyclic) bond motifs is 3. The SMILES string of the molecule is Cc1ccc(-c2cn3c(n2)sc2cc(C(=O)N4C[C@H](C)C[C@@H](C)C4)ccc23)cc1. The fraction of sp³-hybridized carbons (Fsp3) is 0.333. The number of hydrogen-bond acceptors (Lipinski definition) is 3. The molecule has 5 heteroatoms. The summed E-state index contributed by atoms with van der Waals surface area (Å²) < 4.78 is 3.24. The molecule has 1 amide bonds. The summed E-state index contributed by atoms with van der Waals surface area (Å²) in [6.45, 7) is 8.27. The second kappa shape index (κ2) is 6.99. The van der Waals surface area contributed by atoms with Crippen LogP contribution in [0.3, 0.4) is 0 Å². The van der Waals surface area contributed by atoms with Gasteiger partial charge in [0.15, 0.2) is 4.96 Å². The zero-order valence-electron chi connectivity index (χ0n) is 17.1. The van der Waals surface area contributed by atoms with E-state index in [2.05, 4.69) is 61.7 Å². The van der Waals surface area contributed by atoms with E-state index < -0.39 is 0 Å². The average molecular weight is 404 g/mol. The van der Waals surface area contributed by atoms with Crippen LogP contribution in [0.25, 0.3) is 26.4 Å². The summed E-state index contributed by atoms with van der Waals surface area (Å²) in [5.41, 5.74) is 5.24. The van der Waals surface area contributed by atoms with E-state index >= 15 is 0 Å². The average Bonchev–Trinajstić information content (AvgIpc) is 3.24. The number of amides is 1. The summed E-state index contributed by atoms with van der Waals surface area (Å²) in [5.74, 6) is 1.28. The maximum atomic E-state index is 13.1. The number of carbonyl (C=O) groups excluding carboxylic acids is 1. The van der Waals surface area contributed by atoms with E-state index in [0.29, 0.717) is 11.8 Å². The van der Waals surface area contributed by atoms with Crippen molar-refractivity contribution in [1.29, 1.82) is 0 Å². The molecule has 2 aromatic heterocycles. The van der Waals surface area contributed by atoms with Gasteiger partial charge in [0.25, 0.3) is 5.91 Å². The molecule has 1 fully saturated rings. The highest BCUT2D eigenvalue weighted by Crippen LogP contribution is 2.31. The third kappa shape index (κ3) is 3.33. The van der Waals surface area contributed by atoms with Crippen molar-refractivity contribution in [3.05, 3.63) is 59.8 Å². The van der Waals surface area contributed by atoms with E-state index in [1.807, 2.05) is 17.0 Å². The molecule has 1 aliphatic heterocycles. The molecule has 2 atom stereocenters. The van der Waals surface area contributed by atoms with E-state index in [9.17, 15) is 4.79 Å². The van der Waals surface area contributed by atoms with Crippen molar-refractivity contribution in [3.8, 4) is 11.3 Å². The third-order valence-electron chi connectivity index (χ3n) is 5.84. The van der Waals surface area contributed by atoms with Gasteiger partial charge in [0, 0.05) is 30.4 Å². The number of carbonyl (C=O) groups is 1. The van der Waals surface area contributed by atoms with Crippen molar-refractivity contribution in [2.24, 2.45) is 11.8 Å². The molecule has 0 saturated carbocycles. The van der Waals surface area contributed by atoms with Gasteiger partial charge in [-0.05, 0) is 43.4 Å². The number of likely N-dealkylation sites (tertiary alicyclic amines) is 1. The Bertz CT molecular complexity index is 1190. The minimum atomic E-state index is 0.150. The maximum absolute atomic E-state index is 13.1. The van der Waals surface area contributed by atoms with Crippen LogP contribution in [-0.2, 0) is 0 Å². The lowest BCUT2D eigenvalue weighted by Gasteiger charge is -2.35. The normalized spacial score (nSPS) is 19.9. The molecule has 0 aliphatic carbocycles. The number of aromatic nitrogens is 2. The first kappa shape index (κ1) is 18.4. The van der Waals surface area contributed by atoms with E-state index in [1.165, 1.54) is 12.0 Å². The smallest absolute Gasteiger partial charge is 0.253 e. The van der Waals surface area contributed by atoms with Gasteiger partial charge in [-0.15, -0.1) is 0 Å². The molecule has 4 aromatic rings. The Labute approximate surface area is 174 Å². The summed E-state index contributed by atoms with van der Waals surface area (Å²) >= 11 is 1.64. The molecule has 1 aliphatic rings. The van der Waals surface area contributed by atoms with Crippen molar-refractivity contribution in [2.45, 2.75) is 27.2 Å². The minimum absolute atomic E-state index is 0.150. The molecule has 3 heterocycles. The molecule has 0 unspecified atom stereocenters. The summed E-state index contributed by atoms with van der Waals surface area (Å²) in [7, 11) is 0. The number of aryl methyl sites for hydroxylation is 1. The van der Waals surface area contributed by atoms with Gasteiger partial charge in [0.1, 0.15) is 0 Å². The Balaban J connectivity index is 1.48. The topological polar surface area (TPSA) is 37.6 Å². The van der Waals surface area contributed by atoms with E-state index in [1.54, 1.807) is 11.3 Å². The predicted molar refractivity (Wildman–Crippen MR) is 120 cm³/mol. The highest BCUT2D eigenvalue weighted by molar-refractivity contribution is 7.23. The van der Waals surface area contributed by atoms with E-state index in [4.69, 9.17) is 4.98 Å². The van der Waals surface area contributed by atoms with Crippen LogP contribution < -0.4 is 0 Å². The first-order valence-electron chi connectivity index (χ1n) is 10.3. The van der Waals surface area contributed by atoms with Gasteiger partial charge in [-0.1, -0.05) is 55.0 Å². The monoisotopic (exact) mass is 403 g/mol. The van der Waals surface area contributed by atoms with Gasteiger partial charge in [-0.25, -0.2) is 4.98 Å². The first-order chi connectivity index (χ1) is 14.0. The fourth-order valence-corrected chi connectivity index (χ4v) is 5.56. The quantitative estimate of drug-likeness (QED) is 0.434. The molecule has 0 N–H and O–H groups in total. The molecule has 1 saturated heterocycles. The van der Waals surface area contributed by atoms with Gasteiger partial charge >= 0.3 is 0 Å². The standard InChI is InChI=1S/C24H25N3OS/c1-15-4-6-18(7-5-15)20-14-27-21-9-8-19(11-22(21)29-24(27)25-20)23(28)26-12-16(2)10-17(3)13-26/h4-9,11,14,16-17H,10,12-13H2,1-3H3/t16-,17-/m1/s1. The molecule has 29 heavy (non-hydrogen) atoms. The lowest BCUT2D eigenvalue weighted by Crippen LogP contribution is -2.42. The second-order valence-corrected chi connectivity index (χ2v) is 9.59. The van der Waals surface area contributed by atoms with Gasteiger partial charge in [-0.3, -0.25) is 9.20 Å². The van der Waals surface area contributed by atoms with Gasteiger partial charge in [-0.2, -0.15) is 0 Å². The number of imidazole rings is 1. The Morgan fingerprint density at radius 2 is 1.79 bits per heavy atom. The lowest BCUT2D eigenvalue weighted by molar-refractivity contribution is 0.0623. The zero-order valence-corrected chi connectivity index (χ0v) is 17.9. The molecule has 2 aromatic carbocycles. The number of rotatable bonds is 2. The molecular weight excluding hydrogens is 378 g/mol. The summed E-state index contributed by atoms with van der Waals surface area (Å²) in [6, 6.07) is 14.5. The number of nitrogens with zero attached hydrogens (tertiary/aromatic N) is 3. The molecular formula is C24H25N3OS. The molecule has 5 rings (SSSR count). The number of benzene rings is 2. The molecule has 0 bridgehead atoms. The Morgan fingerprint density at radius 3 is 2.52 bits per heavy atom. The Hall–Kier alpha value is -2.66. The van der Waals surface area contributed by atoms with Gasteiger partial charge in [0.05, 0.1) is 15.9 Å². The van der Waals surface area contributed by atoms with Crippen molar-refractivity contribution >= 4 is 32.4 Å². The van der Waals surface area contributed by atoms with Crippen LogP contribution in [0.4, 0.5) is 0 Å². The number of hydrogen-bond donors (Lipinski definition) is 0. The molecule has 0 radical (unpaired) electrons. The molecule has 0 spiro atoms. The van der Waals surface area contributed by atoms with Crippen molar-refractivity contribution in [3.63, 3.8) is 0 Å². The zero-order chi connectivity index (χ0) is 20.1. The maximum Gasteiger partial charge on any atom is 0.253 e. The fourth-order valence-electron chi connectivity index (χ4n) is 4.51. The van der Waals surface area contributed by atoms with Crippen LogP contribution in [0.2, 0.25) is 0 Å². The van der Waals surface area contributed by atoms with Crippen molar-refractivity contribution in [1.82, 2.24) is 14.3 Å². The van der Waals surface area contributed by atoms with Gasteiger partial charge in [0.2, 0.25) is 0 Å². The van der Waals surface area contributed by atoms with E-state index in [-0.39, 0.29) is 5.91 Å². The molecule has 4 nitrogen and oxygen atoms in total. The van der Waals surface area contributed by atoms with Crippen molar-refractivity contribution in [2.75, 3.05) is 13.1 Å². The van der Waals surface area contributed by atoms with Crippen LogP contribution >= 0.6 is 11.3 Å². The summed E-state index contributed by atoms with van der Waals surface area (Å²) in [4.78, 5) is 20.9. The van der Waals surface area contributed by atoms with Crippen LogP contribution in [0, 0.1) is 18.8 Å². The Morgan fingerprint density at radius 1 is 1.07 bits per heavy atom. The highest BCUT2D eigenvalue weighted by atomic mass is 32.1. The Kier molecular flexibility index (Phi) is 4.43. The third-order valence-corrected chi connectivity index (χ3v) is 6.86. The van der Waals surface area contributed by atoms with Crippen molar-refractivity contribution < 1.29 is 4.79 Å². The number of thiazole rings is 1. The van der Waals surface area contributed by atoms with Gasteiger partial charge < -0.3 is 4.90 Å². The summed E-state index contributed by atoms with van der Waals surface area (Å²) in [6.07, 6.45) is 3.29. The van der Waals surface area contributed by atoms with Crippen LogP contribution in [0.5, 0.6) is 0 Å². The van der Waals surface area contributed by atoms with Crippen LogP contribution in [0.1, 0.15) is 36.2 Å². The predicted octanol–water partition coefficient (Wildman–Crippen LogP) is 5.64. The van der Waals surface area contributed by atoms with Crippen LogP contribution in [-0.4, -0.2) is 33.3 Å². The summed E-state index contributed by atoms with van der Waals surface area (Å²) in [5, 5.41) is 0. The van der Waals surface area contributed by atoms with Crippen LogP contribution in [0.15, 0.2) is 48.7 Å². The van der Waals surface area contributed by atoms with E-state index in [0.717, 1.165) is 45.1 Å². The lowest BCUT2D eigenvalue weighted by atomic mass is 9.91. The second-order valence-electron chi connectivity index (χ2n) is 8.59. The minimum Gasteiger partial charge on any atom is -0.338 e. The number of piperidine rings is 1. The largest absolute Gasteiger partial charge is 0.338 e. The first-order valence-corrected chi connectivity index (χ1v) is 11.1.